The zero-order valence-electron chi connectivity index (χ0n) is 10.9. The maximum Gasteiger partial charge on any atom is 0.119 e. The third-order valence-corrected chi connectivity index (χ3v) is 2.92. The van der Waals surface area contributed by atoms with Gasteiger partial charge in [0.15, 0.2) is 0 Å². The van der Waals surface area contributed by atoms with E-state index in [1.165, 1.54) is 16.3 Å². The summed E-state index contributed by atoms with van der Waals surface area (Å²) < 4.78 is 10.2. The van der Waals surface area contributed by atoms with E-state index in [9.17, 15) is 0 Å². The van der Waals surface area contributed by atoms with Crippen LogP contribution in [0.1, 0.15) is 5.56 Å². The van der Waals surface area contributed by atoms with Crippen LogP contribution in [0.5, 0.6) is 5.75 Å². The first-order valence-electron chi connectivity index (χ1n) is 6.10. The average Bonchev–Trinajstić information content (AvgIpc) is 2.43. The van der Waals surface area contributed by atoms with E-state index in [0.29, 0.717) is 0 Å². The minimum atomic E-state index is 0.741. The number of nitrogens with one attached hydrogen (secondary N) is 1. The number of ether oxygens (including phenoxy) is 2. The molecule has 0 spiro atoms. The highest BCUT2D eigenvalue weighted by Gasteiger charge is 1.98. The van der Waals surface area contributed by atoms with Crippen LogP contribution in [0, 0.1) is 0 Å². The third kappa shape index (κ3) is 3.22. The van der Waals surface area contributed by atoms with Gasteiger partial charge in [-0.1, -0.05) is 18.2 Å². The van der Waals surface area contributed by atoms with Gasteiger partial charge in [-0.3, -0.25) is 0 Å². The molecule has 96 valence electrons. The lowest BCUT2D eigenvalue weighted by Crippen LogP contribution is -2.18. The molecule has 3 nitrogen and oxygen atoms in total. The molecule has 18 heavy (non-hydrogen) atoms. The summed E-state index contributed by atoms with van der Waals surface area (Å²) in [5.74, 6) is 0.897. The van der Waals surface area contributed by atoms with Gasteiger partial charge < -0.3 is 14.8 Å². The average molecular weight is 245 g/mol. The summed E-state index contributed by atoms with van der Waals surface area (Å²) in [5, 5.41) is 5.78. The molecule has 1 N–H and O–H groups in total. The molecular weight excluding hydrogens is 226 g/mol. The summed E-state index contributed by atoms with van der Waals surface area (Å²) in [7, 11) is 3.40. The van der Waals surface area contributed by atoms with Gasteiger partial charge in [0.25, 0.3) is 0 Å². The first-order chi connectivity index (χ1) is 8.83. The summed E-state index contributed by atoms with van der Waals surface area (Å²) in [5.41, 5.74) is 1.28. The highest BCUT2D eigenvalue weighted by atomic mass is 16.5. The maximum absolute atomic E-state index is 5.22. The molecule has 0 atom stereocenters. The minimum absolute atomic E-state index is 0.741. The van der Waals surface area contributed by atoms with Gasteiger partial charge in [-0.2, -0.15) is 0 Å². The third-order valence-electron chi connectivity index (χ3n) is 2.92. The highest BCUT2D eigenvalue weighted by Crippen LogP contribution is 2.21. The van der Waals surface area contributed by atoms with Gasteiger partial charge in [-0.15, -0.1) is 0 Å². The normalized spacial score (nSPS) is 10.8. The molecule has 2 aromatic carbocycles. The number of fused-ring (bicyclic) bond motifs is 1. The Morgan fingerprint density at radius 2 is 1.78 bits per heavy atom. The fourth-order valence-corrected chi connectivity index (χ4v) is 1.92. The number of hydrogen-bond donors (Lipinski definition) is 1. The Morgan fingerprint density at radius 1 is 1.00 bits per heavy atom. The van der Waals surface area contributed by atoms with Crippen LogP contribution in [-0.4, -0.2) is 27.4 Å². The Labute approximate surface area is 108 Å². The second-order valence-corrected chi connectivity index (χ2v) is 4.22. The zero-order chi connectivity index (χ0) is 12.8. The van der Waals surface area contributed by atoms with Crippen LogP contribution in [0.25, 0.3) is 10.8 Å². The zero-order valence-corrected chi connectivity index (χ0v) is 10.9. The maximum atomic E-state index is 5.22. The Bertz CT molecular complexity index is 511. The van der Waals surface area contributed by atoms with Gasteiger partial charge in [0.2, 0.25) is 0 Å². The molecule has 2 rings (SSSR count). The number of hydrogen-bond acceptors (Lipinski definition) is 3. The fourth-order valence-electron chi connectivity index (χ4n) is 1.92. The van der Waals surface area contributed by atoms with Crippen LogP contribution in [0.2, 0.25) is 0 Å². The van der Waals surface area contributed by atoms with Gasteiger partial charge >= 0.3 is 0 Å². The molecule has 0 unspecified atom stereocenters. The Hall–Kier alpha value is -1.58. The van der Waals surface area contributed by atoms with Crippen molar-refractivity contribution in [3.8, 4) is 5.75 Å². The van der Waals surface area contributed by atoms with Crippen molar-refractivity contribution in [1.29, 1.82) is 0 Å². The Morgan fingerprint density at radius 3 is 2.56 bits per heavy atom. The van der Waals surface area contributed by atoms with Crippen molar-refractivity contribution in [1.82, 2.24) is 5.32 Å². The van der Waals surface area contributed by atoms with Crippen LogP contribution in [0.4, 0.5) is 0 Å². The molecule has 0 aliphatic carbocycles. The predicted octanol–water partition coefficient (Wildman–Crippen LogP) is 2.58. The molecule has 0 amide bonds. The van der Waals surface area contributed by atoms with Crippen molar-refractivity contribution in [2.24, 2.45) is 0 Å². The molecular formula is C15H19NO2. The van der Waals surface area contributed by atoms with E-state index in [2.05, 4.69) is 35.6 Å². The second kappa shape index (κ2) is 6.38. The fraction of sp³-hybridized carbons (Fsp3) is 0.333. The van der Waals surface area contributed by atoms with Gasteiger partial charge in [-0.05, 0) is 34.5 Å². The van der Waals surface area contributed by atoms with E-state index in [0.717, 1.165) is 25.4 Å². The van der Waals surface area contributed by atoms with Gasteiger partial charge in [0, 0.05) is 20.2 Å². The second-order valence-electron chi connectivity index (χ2n) is 4.22. The Balaban J connectivity index is 2.08. The van der Waals surface area contributed by atoms with Gasteiger partial charge in [0.1, 0.15) is 5.75 Å². The molecule has 0 heterocycles. The van der Waals surface area contributed by atoms with Crippen LogP contribution in [-0.2, 0) is 11.3 Å². The summed E-state index contributed by atoms with van der Waals surface area (Å²) in [4.78, 5) is 0. The van der Waals surface area contributed by atoms with Crippen LogP contribution in [0.15, 0.2) is 36.4 Å². The van der Waals surface area contributed by atoms with E-state index < -0.39 is 0 Å². The SMILES string of the molecule is COCCNCc1ccc2cc(OC)ccc2c1. The van der Waals surface area contributed by atoms with Crippen molar-refractivity contribution >= 4 is 10.8 Å². The summed E-state index contributed by atoms with van der Waals surface area (Å²) in [6.45, 7) is 2.48. The molecule has 0 saturated heterocycles. The molecule has 0 radical (unpaired) electrons. The minimum Gasteiger partial charge on any atom is -0.497 e. The van der Waals surface area contributed by atoms with E-state index in [1.54, 1.807) is 14.2 Å². The first kappa shape index (κ1) is 12.9. The van der Waals surface area contributed by atoms with Gasteiger partial charge in [0.05, 0.1) is 13.7 Å². The van der Waals surface area contributed by atoms with E-state index >= 15 is 0 Å². The quantitative estimate of drug-likeness (QED) is 0.793. The lowest BCUT2D eigenvalue weighted by atomic mass is 10.1. The van der Waals surface area contributed by atoms with E-state index in [-0.39, 0.29) is 0 Å². The lowest BCUT2D eigenvalue weighted by molar-refractivity contribution is 0.199. The molecule has 0 saturated carbocycles. The number of methoxy groups -OCH3 is 2. The summed E-state index contributed by atoms with van der Waals surface area (Å²) in [6.07, 6.45) is 0. The number of rotatable bonds is 6. The predicted molar refractivity (Wildman–Crippen MR) is 74.1 cm³/mol. The van der Waals surface area contributed by atoms with Crippen molar-refractivity contribution in [3.05, 3.63) is 42.0 Å². The summed E-state index contributed by atoms with van der Waals surface area (Å²) in [6, 6.07) is 12.6. The molecule has 2 aromatic rings. The monoisotopic (exact) mass is 245 g/mol. The molecule has 0 fully saturated rings. The van der Waals surface area contributed by atoms with Crippen LogP contribution >= 0.6 is 0 Å². The molecule has 3 heteroatoms. The molecule has 0 aromatic heterocycles. The highest BCUT2D eigenvalue weighted by molar-refractivity contribution is 5.84. The van der Waals surface area contributed by atoms with E-state index in [4.69, 9.17) is 9.47 Å². The van der Waals surface area contributed by atoms with Crippen molar-refractivity contribution in [2.75, 3.05) is 27.4 Å². The Kier molecular flexibility index (Phi) is 4.56. The lowest BCUT2D eigenvalue weighted by Gasteiger charge is -2.07. The van der Waals surface area contributed by atoms with Crippen LogP contribution < -0.4 is 10.1 Å². The van der Waals surface area contributed by atoms with E-state index in [1.807, 2.05) is 6.07 Å². The smallest absolute Gasteiger partial charge is 0.119 e. The van der Waals surface area contributed by atoms with Crippen LogP contribution in [0.3, 0.4) is 0 Å². The molecule has 0 aliphatic heterocycles. The molecule has 0 aliphatic rings. The largest absolute Gasteiger partial charge is 0.497 e. The van der Waals surface area contributed by atoms with Crippen molar-refractivity contribution < 1.29 is 9.47 Å². The standard InChI is InChI=1S/C15H19NO2/c1-17-8-7-16-11-12-3-4-14-10-15(18-2)6-5-13(14)9-12/h3-6,9-10,16H,7-8,11H2,1-2H3. The topological polar surface area (TPSA) is 30.5 Å². The number of benzene rings is 2. The molecule has 0 bridgehead atoms. The van der Waals surface area contributed by atoms with Crippen molar-refractivity contribution in [2.45, 2.75) is 6.54 Å². The van der Waals surface area contributed by atoms with Crippen molar-refractivity contribution in [3.63, 3.8) is 0 Å². The van der Waals surface area contributed by atoms with Gasteiger partial charge in [-0.25, -0.2) is 0 Å². The first-order valence-corrected chi connectivity index (χ1v) is 6.10. The summed E-state index contributed by atoms with van der Waals surface area (Å²) >= 11 is 0.